The third kappa shape index (κ3) is 3.46. The molecule has 196 valence electrons. The molecule has 0 saturated carbocycles. The van der Waals surface area contributed by atoms with Crippen LogP contribution in [0, 0.1) is 27.3 Å². The Morgan fingerprint density at radius 1 is 0.756 bits per heavy atom. The number of carbonyl (C=O) groups excluding carboxylic acids is 2. The summed E-state index contributed by atoms with van der Waals surface area (Å²) in [6, 6.07) is 25.2. The largest absolute Gasteiger partial charge is 0.308 e. The van der Waals surface area contributed by atoms with Crippen LogP contribution in [0.3, 0.4) is 0 Å². The molecule has 1 aliphatic rings. The van der Waals surface area contributed by atoms with E-state index in [1.165, 1.54) is 4.90 Å². The fourth-order valence-electron chi connectivity index (χ4n) is 6.36. The molecular weight excluding hydrogens is 508 g/mol. The number of nitrogens with zero attached hydrogens (tertiary/aromatic N) is 4. The predicted molar refractivity (Wildman–Crippen MR) is 162 cm³/mol. The highest BCUT2D eigenvalue weighted by Gasteiger charge is 2.40. The van der Waals surface area contributed by atoms with E-state index in [4.69, 9.17) is 6.57 Å². The van der Waals surface area contributed by atoms with E-state index in [0.717, 1.165) is 44.1 Å². The number of anilines is 1. The number of hydrogen-bond donors (Lipinski definition) is 0. The molecule has 0 saturated heterocycles. The van der Waals surface area contributed by atoms with E-state index in [2.05, 4.69) is 20.5 Å². The quantitative estimate of drug-likeness (QED) is 0.171. The SMILES string of the molecule is [C-]#[N+]c1ccncc1-c1cccc2c3ccccc3n(-c3cccc4c3C(=O)N(c3c(C)cc(C)cc3C)C4=O)c12. The Hall–Kier alpha value is -5.54. The van der Waals surface area contributed by atoms with Crippen molar-refractivity contribution in [3.05, 3.63) is 130 Å². The zero-order chi connectivity index (χ0) is 28.4. The van der Waals surface area contributed by atoms with E-state index >= 15 is 0 Å². The van der Waals surface area contributed by atoms with E-state index in [1.807, 2.05) is 81.4 Å². The van der Waals surface area contributed by atoms with Gasteiger partial charge in [-0.1, -0.05) is 60.2 Å². The van der Waals surface area contributed by atoms with Crippen LogP contribution in [0.4, 0.5) is 11.4 Å². The van der Waals surface area contributed by atoms with Gasteiger partial charge in [-0.2, -0.15) is 0 Å². The summed E-state index contributed by atoms with van der Waals surface area (Å²) >= 11 is 0. The lowest BCUT2D eigenvalue weighted by atomic mass is 10.0. The summed E-state index contributed by atoms with van der Waals surface area (Å²) in [5, 5.41) is 1.99. The smallest absolute Gasteiger partial charge is 0.268 e. The van der Waals surface area contributed by atoms with Gasteiger partial charge in [-0.3, -0.25) is 14.6 Å². The van der Waals surface area contributed by atoms with Gasteiger partial charge in [-0.25, -0.2) is 9.74 Å². The summed E-state index contributed by atoms with van der Waals surface area (Å²) in [5.74, 6) is -0.673. The van der Waals surface area contributed by atoms with Crippen LogP contribution in [-0.2, 0) is 0 Å². The minimum absolute atomic E-state index is 0.328. The van der Waals surface area contributed by atoms with Crippen LogP contribution in [0.2, 0.25) is 0 Å². The topological polar surface area (TPSA) is 59.6 Å². The van der Waals surface area contributed by atoms with E-state index in [1.54, 1.807) is 24.5 Å². The van der Waals surface area contributed by atoms with Crippen molar-refractivity contribution in [3.8, 4) is 16.8 Å². The zero-order valence-electron chi connectivity index (χ0n) is 22.8. The molecule has 0 atom stereocenters. The molecule has 6 heteroatoms. The van der Waals surface area contributed by atoms with Gasteiger partial charge in [-0.15, -0.1) is 0 Å². The van der Waals surface area contributed by atoms with Gasteiger partial charge < -0.3 is 4.57 Å². The predicted octanol–water partition coefficient (Wildman–Crippen LogP) is 8.12. The molecule has 2 amide bonds. The van der Waals surface area contributed by atoms with Crippen LogP contribution < -0.4 is 4.90 Å². The van der Waals surface area contributed by atoms with E-state index in [-0.39, 0.29) is 11.8 Å². The third-order valence-electron chi connectivity index (χ3n) is 7.90. The monoisotopic (exact) mass is 532 g/mol. The Morgan fingerprint density at radius 3 is 2.24 bits per heavy atom. The average Bonchev–Trinajstić information content (AvgIpc) is 3.44. The summed E-state index contributed by atoms with van der Waals surface area (Å²) in [7, 11) is 0. The van der Waals surface area contributed by atoms with Crippen molar-refractivity contribution in [2.24, 2.45) is 0 Å². The highest BCUT2D eigenvalue weighted by molar-refractivity contribution is 6.36. The molecule has 0 fully saturated rings. The molecule has 0 bridgehead atoms. The Labute approximate surface area is 236 Å². The van der Waals surface area contributed by atoms with E-state index in [9.17, 15) is 9.59 Å². The van der Waals surface area contributed by atoms with Crippen LogP contribution in [0.1, 0.15) is 37.4 Å². The van der Waals surface area contributed by atoms with Crippen LogP contribution in [-0.4, -0.2) is 21.4 Å². The fraction of sp³-hybridized carbons (Fsp3) is 0.0857. The van der Waals surface area contributed by atoms with Gasteiger partial charge in [0.25, 0.3) is 11.8 Å². The molecular formula is C35H24N4O2. The van der Waals surface area contributed by atoms with E-state index in [0.29, 0.717) is 33.8 Å². The van der Waals surface area contributed by atoms with Crippen LogP contribution in [0.25, 0.3) is 43.5 Å². The van der Waals surface area contributed by atoms with Gasteiger partial charge in [-0.05, 0) is 61.7 Å². The van der Waals surface area contributed by atoms with Crippen molar-refractivity contribution in [1.82, 2.24) is 9.55 Å². The number of amides is 2. The molecule has 0 unspecified atom stereocenters. The van der Waals surface area contributed by atoms with Gasteiger partial charge in [0.15, 0.2) is 5.69 Å². The maximum Gasteiger partial charge on any atom is 0.268 e. The van der Waals surface area contributed by atoms with Gasteiger partial charge in [0.2, 0.25) is 0 Å². The lowest BCUT2D eigenvalue weighted by Crippen LogP contribution is -2.31. The van der Waals surface area contributed by atoms with Gasteiger partial charge in [0.05, 0.1) is 40.1 Å². The van der Waals surface area contributed by atoms with Crippen molar-refractivity contribution in [3.63, 3.8) is 0 Å². The van der Waals surface area contributed by atoms with E-state index < -0.39 is 0 Å². The number of para-hydroxylation sites is 2. The number of benzene rings is 4. The molecule has 6 nitrogen and oxygen atoms in total. The summed E-state index contributed by atoms with van der Waals surface area (Å²) in [5.41, 5.74) is 8.60. The Morgan fingerprint density at radius 2 is 1.46 bits per heavy atom. The standard InChI is InChI=1S/C35H24N4O2/c1-20-17-21(2)32(22(3)18-20)39-34(40)26-12-8-14-30(31(26)35(39)41)38-29-13-6-5-9-23(29)24-10-7-11-25(33(24)38)27-19-37-16-15-28(27)36-4/h5-19H,1-3H3. The maximum atomic E-state index is 14.3. The highest BCUT2D eigenvalue weighted by atomic mass is 16.2. The number of aryl methyl sites for hydroxylation is 3. The highest BCUT2D eigenvalue weighted by Crippen LogP contribution is 2.43. The van der Waals surface area contributed by atoms with Gasteiger partial charge >= 0.3 is 0 Å². The van der Waals surface area contributed by atoms with Crippen LogP contribution in [0.5, 0.6) is 0 Å². The molecule has 0 radical (unpaired) electrons. The molecule has 1 aliphatic heterocycles. The number of carbonyl (C=O) groups is 2. The first-order valence-corrected chi connectivity index (χ1v) is 13.3. The van der Waals surface area contributed by atoms with Gasteiger partial charge in [0, 0.05) is 28.7 Å². The zero-order valence-corrected chi connectivity index (χ0v) is 22.8. The molecule has 0 spiro atoms. The third-order valence-corrected chi connectivity index (χ3v) is 7.90. The summed E-state index contributed by atoms with van der Waals surface area (Å²) in [6.45, 7) is 13.6. The summed E-state index contributed by atoms with van der Waals surface area (Å²) < 4.78 is 2.06. The van der Waals surface area contributed by atoms with Crippen molar-refractivity contribution >= 4 is 45.0 Å². The molecule has 4 aromatic carbocycles. The first-order valence-electron chi connectivity index (χ1n) is 13.3. The number of hydrogen-bond acceptors (Lipinski definition) is 3. The van der Waals surface area contributed by atoms with Crippen molar-refractivity contribution < 1.29 is 9.59 Å². The van der Waals surface area contributed by atoms with Gasteiger partial charge in [0.1, 0.15) is 0 Å². The Balaban J connectivity index is 1.56. The number of imide groups is 1. The Kier molecular flexibility index (Phi) is 5.38. The lowest BCUT2D eigenvalue weighted by Gasteiger charge is -2.20. The molecule has 41 heavy (non-hydrogen) atoms. The minimum atomic E-state index is -0.345. The summed E-state index contributed by atoms with van der Waals surface area (Å²) in [6.07, 6.45) is 3.32. The first-order chi connectivity index (χ1) is 19.9. The molecule has 7 rings (SSSR count). The molecule has 3 heterocycles. The van der Waals surface area contributed by atoms with Crippen molar-refractivity contribution in [2.75, 3.05) is 4.90 Å². The number of aromatic nitrogens is 2. The second kappa shape index (κ2) is 9.00. The molecule has 0 aliphatic carbocycles. The average molecular weight is 533 g/mol. The Bertz CT molecular complexity index is 2130. The van der Waals surface area contributed by atoms with Crippen LogP contribution >= 0.6 is 0 Å². The number of pyridine rings is 1. The fourth-order valence-corrected chi connectivity index (χ4v) is 6.36. The van der Waals surface area contributed by atoms with Crippen molar-refractivity contribution in [2.45, 2.75) is 20.8 Å². The molecule has 2 aromatic heterocycles. The second-order valence-electron chi connectivity index (χ2n) is 10.5. The number of fused-ring (bicyclic) bond motifs is 4. The maximum absolute atomic E-state index is 14.3. The minimum Gasteiger partial charge on any atom is -0.308 e. The summed E-state index contributed by atoms with van der Waals surface area (Å²) in [4.78, 5) is 37.6. The van der Waals surface area contributed by atoms with Crippen LogP contribution in [0.15, 0.2) is 91.3 Å². The van der Waals surface area contributed by atoms with Crippen molar-refractivity contribution in [1.29, 1.82) is 0 Å². The first kappa shape index (κ1) is 24.5. The molecule has 6 aromatic rings. The molecule has 0 N–H and O–H groups in total. The number of rotatable bonds is 3. The normalized spacial score (nSPS) is 12.8. The lowest BCUT2D eigenvalue weighted by molar-refractivity contribution is 0.0925. The second-order valence-corrected chi connectivity index (χ2v) is 10.5.